The molecule has 1 aromatic rings. The molecule has 0 fully saturated rings. The largest absolute Gasteiger partial charge is 0.367 e. The van der Waals surface area contributed by atoms with E-state index in [0.29, 0.717) is 5.56 Å². The summed E-state index contributed by atoms with van der Waals surface area (Å²) < 4.78 is 0. The summed E-state index contributed by atoms with van der Waals surface area (Å²) in [5, 5.41) is 2.16. The van der Waals surface area contributed by atoms with Crippen LogP contribution in [0, 0.1) is 6.92 Å². The normalized spacial score (nSPS) is 10.0. The molecular weight excluding hydrogens is 222 g/mol. The average Bonchev–Trinajstić information content (AvgIpc) is 2.25. The minimum atomic E-state index is -1.50. The van der Waals surface area contributed by atoms with E-state index in [0.717, 1.165) is 5.56 Å². The third-order valence-corrected chi connectivity index (χ3v) is 2.16. The average molecular weight is 235 g/mol. The third kappa shape index (κ3) is 3.30. The lowest BCUT2D eigenvalue weighted by Gasteiger charge is -2.11. The topological polar surface area (TPSA) is 115 Å². The first-order chi connectivity index (χ1) is 7.91. The summed E-state index contributed by atoms with van der Waals surface area (Å²) in [6.07, 6.45) is 0. The van der Waals surface area contributed by atoms with Crippen LogP contribution in [-0.2, 0) is 9.59 Å². The van der Waals surface area contributed by atoms with Gasteiger partial charge in [0.25, 0.3) is 5.91 Å². The lowest BCUT2D eigenvalue weighted by atomic mass is 10.1. The van der Waals surface area contributed by atoms with Gasteiger partial charge in [-0.05, 0) is 19.1 Å². The number of carbonyl (C=O) groups excluding carboxylic acids is 3. The van der Waals surface area contributed by atoms with E-state index < -0.39 is 23.8 Å². The van der Waals surface area contributed by atoms with Gasteiger partial charge in [0.2, 0.25) is 11.8 Å². The molecule has 1 rings (SSSR count). The minimum Gasteiger partial charge on any atom is -0.367 e. The maximum atomic E-state index is 11.6. The second-order valence-corrected chi connectivity index (χ2v) is 3.58. The van der Waals surface area contributed by atoms with Crippen molar-refractivity contribution >= 4 is 17.7 Å². The fourth-order valence-corrected chi connectivity index (χ4v) is 1.20. The van der Waals surface area contributed by atoms with Crippen molar-refractivity contribution in [2.75, 3.05) is 0 Å². The Morgan fingerprint density at radius 2 is 1.53 bits per heavy atom. The number of carbonyl (C=O) groups is 3. The molecule has 3 amide bonds. The predicted molar refractivity (Wildman–Crippen MR) is 60.8 cm³/mol. The number of benzene rings is 1. The van der Waals surface area contributed by atoms with Gasteiger partial charge in [0.1, 0.15) is 0 Å². The number of primary amides is 2. The summed E-state index contributed by atoms with van der Waals surface area (Å²) in [4.78, 5) is 33.4. The van der Waals surface area contributed by atoms with Crippen molar-refractivity contribution in [1.82, 2.24) is 5.32 Å². The molecule has 0 aliphatic carbocycles. The van der Waals surface area contributed by atoms with Gasteiger partial charge in [-0.25, -0.2) is 0 Å². The quantitative estimate of drug-likeness (QED) is 0.585. The van der Waals surface area contributed by atoms with Crippen LogP contribution in [0.15, 0.2) is 24.3 Å². The van der Waals surface area contributed by atoms with Crippen molar-refractivity contribution in [2.24, 2.45) is 11.5 Å². The predicted octanol–water partition coefficient (Wildman–Crippen LogP) is -0.936. The van der Waals surface area contributed by atoms with Crippen molar-refractivity contribution < 1.29 is 14.4 Å². The first-order valence-electron chi connectivity index (χ1n) is 4.88. The lowest BCUT2D eigenvalue weighted by Crippen LogP contribution is -2.52. The van der Waals surface area contributed by atoms with Crippen LogP contribution in [0.5, 0.6) is 0 Å². The summed E-state index contributed by atoms with van der Waals surface area (Å²) in [5.41, 5.74) is 11.2. The van der Waals surface area contributed by atoms with E-state index in [-0.39, 0.29) is 0 Å². The van der Waals surface area contributed by atoms with Crippen molar-refractivity contribution in [3.8, 4) is 0 Å². The van der Waals surface area contributed by atoms with Gasteiger partial charge in [0.15, 0.2) is 6.04 Å². The Bertz CT molecular complexity index is 440. The molecule has 0 aromatic heterocycles. The number of amides is 3. The monoisotopic (exact) mass is 235 g/mol. The Balaban J connectivity index is 2.81. The number of rotatable bonds is 4. The van der Waals surface area contributed by atoms with Crippen LogP contribution in [0.2, 0.25) is 0 Å². The summed E-state index contributed by atoms with van der Waals surface area (Å²) in [6.45, 7) is 1.87. The molecular formula is C11H13N3O3. The smallest absolute Gasteiger partial charge is 0.252 e. The molecule has 90 valence electrons. The molecule has 0 atom stereocenters. The van der Waals surface area contributed by atoms with Crippen LogP contribution in [0.25, 0.3) is 0 Å². The second-order valence-electron chi connectivity index (χ2n) is 3.58. The zero-order valence-corrected chi connectivity index (χ0v) is 9.27. The molecule has 0 aliphatic heterocycles. The van der Waals surface area contributed by atoms with E-state index in [4.69, 9.17) is 11.5 Å². The maximum absolute atomic E-state index is 11.6. The Labute approximate surface area is 98.0 Å². The van der Waals surface area contributed by atoms with Gasteiger partial charge < -0.3 is 16.8 Å². The van der Waals surface area contributed by atoms with Gasteiger partial charge in [0.05, 0.1) is 0 Å². The molecule has 0 radical (unpaired) electrons. The Hall–Kier alpha value is -2.37. The summed E-state index contributed by atoms with van der Waals surface area (Å²) in [6, 6.07) is 5.12. The van der Waals surface area contributed by atoms with Crippen molar-refractivity contribution in [2.45, 2.75) is 13.0 Å². The SMILES string of the molecule is Cc1ccc(C(=O)NC(C(N)=O)C(N)=O)cc1. The Morgan fingerprint density at radius 3 is 1.94 bits per heavy atom. The van der Waals surface area contributed by atoms with Gasteiger partial charge in [-0.1, -0.05) is 17.7 Å². The molecule has 0 aliphatic rings. The van der Waals surface area contributed by atoms with Crippen molar-refractivity contribution in [3.05, 3.63) is 35.4 Å². The number of nitrogens with one attached hydrogen (secondary N) is 1. The van der Waals surface area contributed by atoms with Gasteiger partial charge in [-0.3, -0.25) is 14.4 Å². The molecule has 0 saturated carbocycles. The van der Waals surface area contributed by atoms with Crippen molar-refractivity contribution in [1.29, 1.82) is 0 Å². The zero-order chi connectivity index (χ0) is 13.0. The molecule has 0 spiro atoms. The molecule has 0 unspecified atom stereocenters. The van der Waals surface area contributed by atoms with E-state index in [9.17, 15) is 14.4 Å². The van der Waals surface area contributed by atoms with Crippen LogP contribution in [0.3, 0.4) is 0 Å². The number of nitrogens with two attached hydrogens (primary N) is 2. The molecule has 6 heteroatoms. The van der Waals surface area contributed by atoms with Crippen LogP contribution >= 0.6 is 0 Å². The zero-order valence-electron chi connectivity index (χ0n) is 9.27. The molecule has 0 heterocycles. The van der Waals surface area contributed by atoms with E-state index >= 15 is 0 Å². The van der Waals surface area contributed by atoms with E-state index in [2.05, 4.69) is 5.32 Å². The highest BCUT2D eigenvalue weighted by atomic mass is 16.2. The molecule has 17 heavy (non-hydrogen) atoms. The molecule has 0 bridgehead atoms. The molecule has 0 saturated heterocycles. The van der Waals surface area contributed by atoms with Crippen LogP contribution < -0.4 is 16.8 Å². The highest BCUT2D eigenvalue weighted by Crippen LogP contribution is 2.03. The first kappa shape index (κ1) is 12.7. The second kappa shape index (κ2) is 5.11. The Kier molecular flexibility index (Phi) is 3.82. The molecule has 6 nitrogen and oxygen atoms in total. The van der Waals surface area contributed by atoms with Crippen molar-refractivity contribution in [3.63, 3.8) is 0 Å². The van der Waals surface area contributed by atoms with Crippen LogP contribution in [0.1, 0.15) is 15.9 Å². The van der Waals surface area contributed by atoms with E-state index in [1.54, 1.807) is 24.3 Å². The first-order valence-corrected chi connectivity index (χ1v) is 4.88. The van der Waals surface area contributed by atoms with Gasteiger partial charge >= 0.3 is 0 Å². The number of hydrogen-bond donors (Lipinski definition) is 3. The maximum Gasteiger partial charge on any atom is 0.252 e. The van der Waals surface area contributed by atoms with Gasteiger partial charge in [-0.15, -0.1) is 0 Å². The molecule has 1 aromatic carbocycles. The van der Waals surface area contributed by atoms with Crippen LogP contribution in [-0.4, -0.2) is 23.8 Å². The van der Waals surface area contributed by atoms with Gasteiger partial charge in [0, 0.05) is 5.56 Å². The van der Waals surface area contributed by atoms with E-state index in [1.165, 1.54) is 0 Å². The van der Waals surface area contributed by atoms with Crippen LogP contribution in [0.4, 0.5) is 0 Å². The lowest BCUT2D eigenvalue weighted by molar-refractivity contribution is -0.128. The number of hydrogen-bond acceptors (Lipinski definition) is 3. The van der Waals surface area contributed by atoms with Gasteiger partial charge in [-0.2, -0.15) is 0 Å². The molecule has 5 N–H and O–H groups in total. The standard InChI is InChI=1S/C11H13N3O3/c1-6-2-4-7(5-3-6)11(17)14-8(9(12)15)10(13)16/h2-5,8H,1H3,(H2,12,15)(H2,13,16)(H,14,17). The summed E-state index contributed by atoms with van der Waals surface area (Å²) in [7, 11) is 0. The summed E-state index contributed by atoms with van der Waals surface area (Å²) >= 11 is 0. The van der Waals surface area contributed by atoms with E-state index in [1.807, 2.05) is 6.92 Å². The highest BCUT2D eigenvalue weighted by Gasteiger charge is 2.24. The number of aryl methyl sites for hydroxylation is 1. The fourth-order valence-electron chi connectivity index (χ4n) is 1.20. The third-order valence-electron chi connectivity index (χ3n) is 2.16. The Morgan fingerprint density at radius 1 is 1.06 bits per heavy atom. The fraction of sp³-hybridized carbons (Fsp3) is 0.182. The summed E-state index contributed by atoms with van der Waals surface area (Å²) in [5.74, 6) is -2.55. The minimum absolute atomic E-state index is 0.322. The highest BCUT2D eigenvalue weighted by molar-refractivity contribution is 6.08.